The summed E-state index contributed by atoms with van der Waals surface area (Å²) in [4.78, 5) is 12.5. The Labute approximate surface area is 110 Å². The number of ketones is 1. The van der Waals surface area contributed by atoms with Crippen LogP contribution in [0.4, 0.5) is 0 Å². The number of nitrogens with one attached hydrogen (secondary N) is 1. The van der Waals surface area contributed by atoms with Crippen molar-refractivity contribution in [3.05, 3.63) is 28.8 Å². The van der Waals surface area contributed by atoms with Gasteiger partial charge in [0.1, 0.15) is 5.75 Å². The molecule has 100 valence electrons. The van der Waals surface area contributed by atoms with Crippen LogP contribution >= 0.6 is 0 Å². The van der Waals surface area contributed by atoms with Gasteiger partial charge in [0.05, 0.1) is 12.7 Å². The first-order valence-corrected chi connectivity index (χ1v) is 6.39. The molecule has 0 aliphatic carbocycles. The zero-order valence-corrected chi connectivity index (χ0v) is 12.0. The Morgan fingerprint density at radius 2 is 1.94 bits per heavy atom. The van der Waals surface area contributed by atoms with E-state index in [9.17, 15) is 4.79 Å². The Morgan fingerprint density at radius 3 is 2.44 bits per heavy atom. The summed E-state index contributed by atoms with van der Waals surface area (Å²) in [5, 5.41) is 3.07. The lowest BCUT2D eigenvalue weighted by Gasteiger charge is -2.16. The average Bonchev–Trinajstić information content (AvgIpc) is 2.37. The summed E-state index contributed by atoms with van der Waals surface area (Å²) >= 11 is 0. The van der Waals surface area contributed by atoms with Gasteiger partial charge in [0.2, 0.25) is 0 Å². The van der Waals surface area contributed by atoms with Crippen molar-refractivity contribution < 1.29 is 9.53 Å². The summed E-state index contributed by atoms with van der Waals surface area (Å²) in [7, 11) is 3.48. The van der Waals surface area contributed by atoms with E-state index in [1.54, 1.807) is 7.11 Å². The summed E-state index contributed by atoms with van der Waals surface area (Å²) in [6.45, 7) is 6.78. The van der Waals surface area contributed by atoms with Gasteiger partial charge in [-0.05, 0) is 50.6 Å². The number of ether oxygens (including phenoxy) is 1. The van der Waals surface area contributed by atoms with Crippen LogP contribution in [0.15, 0.2) is 12.1 Å². The van der Waals surface area contributed by atoms with Gasteiger partial charge in [0.15, 0.2) is 5.78 Å². The van der Waals surface area contributed by atoms with E-state index < -0.39 is 0 Å². The van der Waals surface area contributed by atoms with E-state index in [0.29, 0.717) is 17.9 Å². The third-order valence-electron chi connectivity index (χ3n) is 3.40. The fourth-order valence-electron chi connectivity index (χ4n) is 2.04. The first-order valence-electron chi connectivity index (χ1n) is 6.39. The van der Waals surface area contributed by atoms with Crippen LogP contribution in [0.3, 0.4) is 0 Å². The topological polar surface area (TPSA) is 38.3 Å². The molecule has 1 atom stereocenters. The molecule has 0 heterocycles. The molecule has 0 aliphatic rings. The molecular weight excluding hydrogens is 226 g/mol. The molecule has 0 amide bonds. The molecule has 0 saturated carbocycles. The number of Topliss-reactive ketones (excluding diaryl/α,β-unsaturated/α-hetero) is 1. The summed E-state index contributed by atoms with van der Waals surface area (Å²) in [6, 6.07) is 3.88. The Hall–Kier alpha value is -1.35. The molecule has 0 bridgehead atoms. The Kier molecular flexibility index (Phi) is 5.35. The van der Waals surface area contributed by atoms with Crippen molar-refractivity contribution >= 4 is 5.78 Å². The van der Waals surface area contributed by atoms with Crippen molar-refractivity contribution in [1.82, 2.24) is 5.32 Å². The summed E-state index contributed by atoms with van der Waals surface area (Å²) in [6.07, 6.45) is 0.829. The molecule has 1 unspecified atom stereocenters. The number of aryl methyl sites for hydroxylation is 2. The zero-order valence-electron chi connectivity index (χ0n) is 12.0. The van der Waals surface area contributed by atoms with Crippen molar-refractivity contribution in [3.63, 3.8) is 0 Å². The van der Waals surface area contributed by atoms with Crippen LogP contribution in [0.5, 0.6) is 5.75 Å². The predicted molar refractivity (Wildman–Crippen MR) is 74.5 cm³/mol. The Morgan fingerprint density at radius 1 is 1.33 bits per heavy atom. The highest BCUT2D eigenvalue weighted by Crippen LogP contribution is 2.26. The number of methoxy groups -OCH3 is 1. The van der Waals surface area contributed by atoms with Gasteiger partial charge in [-0.1, -0.05) is 6.92 Å². The number of carbonyl (C=O) groups excluding carboxylic acids is 1. The lowest BCUT2D eigenvalue weighted by molar-refractivity contribution is 0.0913. The summed E-state index contributed by atoms with van der Waals surface area (Å²) < 4.78 is 5.33. The monoisotopic (exact) mass is 249 g/mol. The largest absolute Gasteiger partial charge is 0.496 e. The van der Waals surface area contributed by atoms with Gasteiger partial charge < -0.3 is 10.1 Å². The second kappa shape index (κ2) is 6.55. The molecule has 0 spiro atoms. The maximum Gasteiger partial charge on any atom is 0.170 e. The molecule has 1 rings (SSSR count). The standard InChI is InChI=1S/C15H23NO2/c1-6-12(9-16-4)15(17)13-7-10(2)11(3)8-14(13)18-5/h7-8,12,16H,6,9H2,1-5H3. The zero-order chi connectivity index (χ0) is 13.7. The summed E-state index contributed by atoms with van der Waals surface area (Å²) in [5.74, 6) is 0.843. The molecule has 0 radical (unpaired) electrons. The average molecular weight is 249 g/mol. The van der Waals surface area contributed by atoms with Crippen molar-refractivity contribution in [2.24, 2.45) is 5.92 Å². The molecule has 18 heavy (non-hydrogen) atoms. The fraction of sp³-hybridized carbons (Fsp3) is 0.533. The van der Waals surface area contributed by atoms with E-state index in [4.69, 9.17) is 4.74 Å². The molecule has 0 aliphatic heterocycles. The van der Waals surface area contributed by atoms with E-state index >= 15 is 0 Å². The number of hydrogen-bond donors (Lipinski definition) is 1. The fourth-order valence-corrected chi connectivity index (χ4v) is 2.04. The van der Waals surface area contributed by atoms with E-state index in [2.05, 4.69) is 5.32 Å². The van der Waals surface area contributed by atoms with Crippen LogP contribution < -0.4 is 10.1 Å². The van der Waals surface area contributed by atoms with Gasteiger partial charge in [-0.3, -0.25) is 4.79 Å². The molecule has 1 aromatic carbocycles. The lowest BCUT2D eigenvalue weighted by atomic mass is 9.92. The number of hydrogen-bond acceptors (Lipinski definition) is 3. The highest BCUT2D eigenvalue weighted by molar-refractivity contribution is 6.00. The molecule has 1 N–H and O–H groups in total. The Balaban J connectivity index is 3.14. The minimum atomic E-state index is 0.00556. The van der Waals surface area contributed by atoms with Gasteiger partial charge in [0.25, 0.3) is 0 Å². The van der Waals surface area contributed by atoms with Gasteiger partial charge in [0, 0.05) is 12.5 Å². The van der Waals surface area contributed by atoms with Crippen molar-refractivity contribution in [3.8, 4) is 5.75 Å². The van der Waals surface area contributed by atoms with E-state index in [1.807, 2.05) is 40.0 Å². The van der Waals surface area contributed by atoms with Crippen LogP contribution in [0.1, 0.15) is 34.8 Å². The molecule has 0 fully saturated rings. The number of carbonyl (C=O) groups is 1. The van der Waals surface area contributed by atoms with Gasteiger partial charge in [-0.15, -0.1) is 0 Å². The second-order valence-electron chi connectivity index (χ2n) is 4.66. The van der Waals surface area contributed by atoms with Gasteiger partial charge in [-0.25, -0.2) is 0 Å². The third-order valence-corrected chi connectivity index (χ3v) is 3.40. The maximum atomic E-state index is 12.5. The van der Waals surface area contributed by atoms with Crippen molar-refractivity contribution in [2.45, 2.75) is 27.2 Å². The number of rotatable bonds is 6. The van der Waals surface area contributed by atoms with Gasteiger partial charge in [-0.2, -0.15) is 0 Å². The first-order chi connectivity index (χ1) is 8.54. The smallest absolute Gasteiger partial charge is 0.170 e. The summed E-state index contributed by atoms with van der Waals surface area (Å²) in [5.41, 5.74) is 2.96. The van der Waals surface area contributed by atoms with Crippen molar-refractivity contribution in [2.75, 3.05) is 20.7 Å². The highest BCUT2D eigenvalue weighted by Gasteiger charge is 2.21. The molecule has 1 aromatic rings. The number of benzene rings is 1. The Bertz CT molecular complexity index is 427. The van der Waals surface area contributed by atoms with Crippen molar-refractivity contribution in [1.29, 1.82) is 0 Å². The maximum absolute atomic E-state index is 12.5. The lowest BCUT2D eigenvalue weighted by Crippen LogP contribution is -2.26. The van der Waals surface area contributed by atoms with Crippen LogP contribution in [0.2, 0.25) is 0 Å². The predicted octanol–water partition coefficient (Wildman–Crippen LogP) is 2.74. The van der Waals surface area contributed by atoms with E-state index in [-0.39, 0.29) is 11.7 Å². The van der Waals surface area contributed by atoms with Gasteiger partial charge >= 0.3 is 0 Å². The minimum absolute atomic E-state index is 0.00556. The normalized spacial score (nSPS) is 12.3. The van der Waals surface area contributed by atoms with E-state index in [0.717, 1.165) is 17.5 Å². The molecular formula is C15H23NO2. The van der Waals surface area contributed by atoms with Crippen LogP contribution in [-0.2, 0) is 0 Å². The quantitative estimate of drug-likeness (QED) is 0.788. The molecule has 3 nitrogen and oxygen atoms in total. The third kappa shape index (κ3) is 3.10. The van der Waals surface area contributed by atoms with Crippen LogP contribution in [-0.4, -0.2) is 26.5 Å². The highest BCUT2D eigenvalue weighted by atomic mass is 16.5. The SMILES string of the molecule is CCC(CNC)C(=O)c1cc(C)c(C)cc1OC. The second-order valence-corrected chi connectivity index (χ2v) is 4.66. The minimum Gasteiger partial charge on any atom is -0.496 e. The molecule has 3 heteroatoms. The van der Waals surface area contributed by atoms with Crippen LogP contribution in [0, 0.1) is 19.8 Å². The van der Waals surface area contributed by atoms with Crippen LogP contribution in [0.25, 0.3) is 0 Å². The molecule has 0 aromatic heterocycles. The first kappa shape index (κ1) is 14.7. The molecule has 0 saturated heterocycles. The van der Waals surface area contributed by atoms with E-state index in [1.165, 1.54) is 0 Å².